The number of nitrogens with one attached hydrogen (secondary N) is 2. The first-order valence-corrected chi connectivity index (χ1v) is 10.8. The molecule has 0 unspecified atom stereocenters. The van der Waals surface area contributed by atoms with Gasteiger partial charge in [-0.1, -0.05) is 36.4 Å². The number of carbonyl (C=O) groups excluding carboxylic acids is 2. The first kappa shape index (κ1) is 25.2. The molecule has 0 aliphatic carbocycles. The summed E-state index contributed by atoms with van der Waals surface area (Å²) in [6.07, 6.45) is 2.02. The Hall–Kier alpha value is -1.87. The van der Waals surface area contributed by atoms with Gasteiger partial charge in [-0.15, -0.1) is 6.58 Å². The molecule has 162 valence electrons. The van der Waals surface area contributed by atoms with Crippen LogP contribution in [-0.2, 0) is 20.1 Å². The lowest BCUT2D eigenvalue weighted by atomic mass is 9.99. The van der Waals surface area contributed by atoms with Crippen molar-refractivity contribution in [3.8, 4) is 0 Å². The van der Waals surface area contributed by atoms with Crippen molar-refractivity contribution in [2.45, 2.75) is 24.6 Å². The van der Waals surface area contributed by atoms with E-state index in [0.717, 1.165) is 5.75 Å². The topological polar surface area (TPSA) is 108 Å². The van der Waals surface area contributed by atoms with E-state index in [1.807, 2.05) is 30.3 Å². The quantitative estimate of drug-likeness (QED) is 0.234. The van der Waals surface area contributed by atoms with Gasteiger partial charge in [0.05, 0.1) is 38.4 Å². The van der Waals surface area contributed by atoms with Gasteiger partial charge in [-0.25, -0.2) is 0 Å². The van der Waals surface area contributed by atoms with Crippen molar-refractivity contribution < 1.29 is 24.5 Å². The summed E-state index contributed by atoms with van der Waals surface area (Å²) in [5, 5.41) is 23.8. The minimum Gasteiger partial charge on any atom is -0.394 e. The zero-order valence-electron chi connectivity index (χ0n) is 16.7. The minimum atomic E-state index is -0.543. The minimum absolute atomic E-state index is 0.0349. The second kappa shape index (κ2) is 16.0. The molecule has 0 aromatic heterocycles. The number of aliphatic hydroxyl groups is 2. The molecule has 1 aromatic carbocycles. The molecule has 7 nitrogen and oxygen atoms in total. The number of allylic oxidation sites excluding steroid dienone is 1. The number of thioether (sulfide) groups is 1. The average molecular weight is 425 g/mol. The number of hydrogen-bond acceptors (Lipinski definition) is 6. The fraction of sp³-hybridized carbons (Fsp3) is 0.524. The molecule has 29 heavy (non-hydrogen) atoms. The van der Waals surface area contributed by atoms with Crippen LogP contribution in [0.1, 0.15) is 18.4 Å². The Labute approximate surface area is 176 Å². The van der Waals surface area contributed by atoms with Crippen LogP contribution in [0, 0.1) is 5.92 Å². The van der Waals surface area contributed by atoms with Crippen molar-refractivity contribution in [3.05, 3.63) is 48.6 Å². The third-order valence-electron chi connectivity index (χ3n) is 4.06. The highest BCUT2D eigenvalue weighted by molar-refractivity contribution is 7.98. The van der Waals surface area contributed by atoms with Crippen LogP contribution in [0.15, 0.2) is 43.0 Å². The lowest BCUT2D eigenvalue weighted by Gasteiger charge is -2.20. The molecule has 0 aliphatic heterocycles. The van der Waals surface area contributed by atoms with Crippen molar-refractivity contribution in [2.24, 2.45) is 5.92 Å². The number of hydrogen-bond donors (Lipinski definition) is 4. The molecule has 0 spiro atoms. The van der Waals surface area contributed by atoms with Gasteiger partial charge in [0.1, 0.15) is 0 Å². The van der Waals surface area contributed by atoms with Crippen LogP contribution in [0.25, 0.3) is 0 Å². The summed E-state index contributed by atoms with van der Waals surface area (Å²) < 4.78 is 5.08. The third kappa shape index (κ3) is 11.7. The molecule has 0 radical (unpaired) electrons. The maximum atomic E-state index is 12.6. The van der Waals surface area contributed by atoms with E-state index in [1.165, 1.54) is 5.56 Å². The number of aliphatic hydroxyl groups excluding tert-OH is 2. The number of rotatable bonds is 16. The lowest BCUT2D eigenvalue weighted by Crippen LogP contribution is -2.43. The van der Waals surface area contributed by atoms with Crippen molar-refractivity contribution >= 4 is 23.6 Å². The summed E-state index contributed by atoms with van der Waals surface area (Å²) in [6, 6.07) is 9.61. The number of amides is 2. The summed E-state index contributed by atoms with van der Waals surface area (Å²) in [4.78, 5) is 24.6. The van der Waals surface area contributed by atoms with Crippen molar-refractivity contribution in [3.63, 3.8) is 0 Å². The van der Waals surface area contributed by atoms with E-state index in [1.54, 1.807) is 17.8 Å². The number of ether oxygens (including phenoxy) is 1. The lowest BCUT2D eigenvalue weighted by molar-refractivity contribution is -0.130. The van der Waals surface area contributed by atoms with E-state index < -0.39 is 5.92 Å². The Kier molecular flexibility index (Phi) is 13.9. The van der Waals surface area contributed by atoms with Gasteiger partial charge in [0.25, 0.3) is 0 Å². The molecule has 8 heteroatoms. The molecule has 4 N–H and O–H groups in total. The molecule has 0 bridgehead atoms. The van der Waals surface area contributed by atoms with Crippen LogP contribution >= 0.6 is 11.8 Å². The van der Waals surface area contributed by atoms with Crippen molar-refractivity contribution in [1.29, 1.82) is 0 Å². The first-order valence-electron chi connectivity index (χ1n) is 9.69. The molecule has 2 atom stereocenters. The third-order valence-corrected chi connectivity index (χ3v) is 5.23. The zero-order chi connectivity index (χ0) is 21.3. The Bertz CT molecular complexity index is 600. The van der Waals surface area contributed by atoms with E-state index in [4.69, 9.17) is 9.84 Å². The predicted molar refractivity (Wildman–Crippen MR) is 115 cm³/mol. The summed E-state index contributed by atoms with van der Waals surface area (Å²) in [5.41, 5.74) is 1.18. The van der Waals surface area contributed by atoms with Crippen molar-refractivity contribution in [2.75, 3.05) is 38.7 Å². The Morgan fingerprint density at radius 1 is 1.21 bits per heavy atom. The molecule has 1 aromatic rings. The van der Waals surface area contributed by atoms with Crippen LogP contribution in [0.2, 0.25) is 0 Å². The molecule has 0 heterocycles. The summed E-state index contributed by atoms with van der Waals surface area (Å²) in [5.74, 6) is 0.310. The van der Waals surface area contributed by atoms with Crippen LogP contribution in [-0.4, -0.2) is 66.8 Å². The van der Waals surface area contributed by atoms with E-state index in [0.29, 0.717) is 25.3 Å². The van der Waals surface area contributed by atoms with Crippen LogP contribution in [0.4, 0.5) is 0 Å². The second-order valence-corrected chi connectivity index (χ2v) is 7.53. The monoisotopic (exact) mass is 424 g/mol. The Morgan fingerprint density at radius 3 is 2.62 bits per heavy atom. The summed E-state index contributed by atoms with van der Waals surface area (Å²) >= 11 is 1.63. The maximum absolute atomic E-state index is 12.6. The van der Waals surface area contributed by atoms with E-state index in [-0.39, 0.29) is 44.1 Å². The highest BCUT2D eigenvalue weighted by Crippen LogP contribution is 2.14. The molecule has 0 saturated carbocycles. The summed E-state index contributed by atoms with van der Waals surface area (Å²) in [6.45, 7) is 4.27. The maximum Gasteiger partial charge on any atom is 0.224 e. The number of benzene rings is 1. The first-order chi connectivity index (χ1) is 14.1. The Morgan fingerprint density at radius 2 is 1.97 bits per heavy atom. The van der Waals surface area contributed by atoms with Crippen LogP contribution in [0.5, 0.6) is 0 Å². The second-order valence-electron chi connectivity index (χ2n) is 6.50. The normalized spacial score (nSPS) is 12.8. The van der Waals surface area contributed by atoms with Crippen LogP contribution < -0.4 is 10.6 Å². The van der Waals surface area contributed by atoms with E-state index >= 15 is 0 Å². The Balaban J connectivity index is 2.41. The molecular weight excluding hydrogens is 392 g/mol. The van der Waals surface area contributed by atoms with Gasteiger partial charge in [0.15, 0.2) is 0 Å². The van der Waals surface area contributed by atoms with E-state index in [9.17, 15) is 14.7 Å². The van der Waals surface area contributed by atoms with E-state index in [2.05, 4.69) is 17.2 Å². The fourth-order valence-corrected chi connectivity index (χ4v) is 3.58. The van der Waals surface area contributed by atoms with Gasteiger partial charge in [0, 0.05) is 24.5 Å². The molecule has 0 aliphatic rings. The largest absolute Gasteiger partial charge is 0.394 e. The zero-order valence-corrected chi connectivity index (χ0v) is 17.5. The fourth-order valence-electron chi connectivity index (χ4n) is 2.56. The molecular formula is C21H32N2O5S. The highest BCUT2D eigenvalue weighted by Gasteiger charge is 2.23. The standard InChI is InChI=1S/C21H32N2O5S/c1-2-6-18(13-20(26)22-9-11-28-12-10-24)21(27)23-19(14-25)16-29-15-17-7-4-3-5-8-17/h2-5,7-8,18-19,24-25H,1,6,9-16H2,(H,22,26)(H,23,27)/t18-,19-/m1/s1. The van der Waals surface area contributed by atoms with Gasteiger partial charge in [-0.3, -0.25) is 9.59 Å². The highest BCUT2D eigenvalue weighted by atomic mass is 32.2. The van der Waals surface area contributed by atoms with Crippen molar-refractivity contribution in [1.82, 2.24) is 10.6 Å². The average Bonchev–Trinajstić information content (AvgIpc) is 2.73. The molecule has 0 fully saturated rings. The molecule has 1 rings (SSSR count). The van der Waals surface area contributed by atoms with Gasteiger partial charge < -0.3 is 25.6 Å². The summed E-state index contributed by atoms with van der Waals surface area (Å²) in [7, 11) is 0. The van der Waals surface area contributed by atoms with Gasteiger partial charge in [0.2, 0.25) is 11.8 Å². The van der Waals surface area contributed by atoms with Gasteiger partial charge >= 0.3 is 0 Å². The smallest absolute Gasteiger partial charge is 0.224 e. The van der Waals surface area contributed by atoms with Gasteiger partial charge in [-0.2, -0.15) is 11.8 Å². The SMILES string of the molecule is C=CC[C@H](CC(=O)NCCOCCO)C(=O)N[C@H](CO)CSCc1ccccc1. The van der Waals surface area contributed by atoms with Gasteiger partial charge in [-0.05, 0) is 12.0 Å². The molecule has 2 amide bonds. The number of carbonyl (C=O) groups is 2. The molecule has 0 saturated heterocycles. The predicted octanol–water partition coefficient (Wildman–Crippen LogP) is 1.10. The van der Waals surface area contributed by atoms with Crippen LogP contribution in [0.3, 0.4) is 0 Å².